The number of benzene rings is 2. The summed E-state index contributed by atoms with van der Waals surface area (Å²) in [6.07, 6.45) is 9.43. The molecule has 7 nitrogen and oxygen atoms in total. The first-order valence-corrected chi connectivity index (χ1v) is 13.4. The molecule has 4 aromatic rings. The third kappa shape index (κ3) is 4.72. The molecule has 2 aromatic carbocycles. The summed E-state index contributed by atoms with van der Waals surface area (Å²) in [5.41, 5.74) is 4.60. The van der Waals surface area contributed by atoms with E-state index in [9.17, 15) is 5.26 Å². The minimum Gasteiger partial charge on any atom is -0.383 e. The van der Waals surface area contributed by atoms with Crippen molar-refractivity contribution >= 4 is 45.5 Å². The van der Waals surface area contributed by atoms with Gasteiger partial charge in [0, 0.05) is 28.8 Å². The highest BCUT2D eigenvalue weighted by atomic mass is 35.5. The van der Waals surface area contributed by atoms with Gasteiger partial charge in [0.15, 0.2) is 0 Å². The molecule has 0 saturated heterocycles. The molecule has 0 radical (unpaired) electrons. The second-order valence-corrected chi connectivity index (χ2v) is 11.3. The molecule has 0 spiro atoms. The maximum absolute atomic E-state index is 9.83. The number of nitrogens with zero attached hydrogens (tertiary/aromatic N) is 5. The molecule has 9 heteroatoms. The zero-order valence-electron chi connectivity index (χ0n) is 20.5. The highest BCUT2D eigenvalue weighted by Crippen LogP contribution is 2.42. The van der Waals surface area contributed by atoms with Crippen molar-refractivity contribution < 1.29 is 0 Å². The summed E-state index contributed by atoms with van der Waals surface area (Å²) in [5.74, 6) is 0. The number of fused-ring (bicyclic) bond motifs is 1. The molecule has 2 heterocycles. The SMILES string of the molecule is CC1(CNc2c(C#N)cnc3c(Cl)cc(NC(c4cn(C5CC5)nn4)c4ccccc4Cl)cc23)CCC1. The van der Waals surface area contributed by atoms with Crippen LogP contribution in [-0.4, -0.2) is 26.5 Å². The first-order chi connectivity index (χ1) is 17.9. The Balaban J connectivity index is 1.41. The number of rotatable bonds is 8. The van der Waals surface area contributed by atoms with Crippen LogP contribution in [-0.2, 0) is 0 Å². The number of pyridine rings is 1. The molecule has 188 valence electrons. The molecule has 0 bridgehead atoms. The first-order valence-electron chi connectivity index (χ1n) is 12.6. The lowest BCUT2D eigenvalue weighted by atomic mass is 9.70. The highest BCUT2D eigenvalue weighted by Gasteiger charge is 2.32. The number of nitrogens with one attached hydrogen (secondary N) is 2. The molecule has 2 aromatic heterocycles. The van der Waals surface area contributed by atoms with E-state index in [2.05, 4.69) is 38.9 Å². The van der Waals surface area contributed by atoms with Crippen molar-refractivity contribution in [2.45, 2.75) is 51.1 Å². The highest BCUT2D eigenvalue weighted by molar-refractivity contribution is 6.36. The Labute approximate surface area is 225 Å². The number of halogens is 2. The fourth-order valence-corrected chi connectivity index (χ4v) is 5.52. The third-order valence-electron chi connectivity index (χ3n) is 7.57. The lowest BCUT2D eigenvalue weighted by molar-refractivity contribution is 0.180. The molecule has 2 saturated carbocycles. The zero-order chi connectivity index (χ0) is 25.6. The Morgan fingerprint density at radius 1 is 1.19 bits per heavy atom. The van der Waals surface area contributed by atoms with Crippen LogP contribution in [0, 0.1) is 16.7 Å². The van der Waals surface area contributed by atoms with E-state index in [-0.39, 0.29) is 11.5 Å². The van der Waals surface area contributed by atoms with Crippen LogP contribution >= 0.6 is 23.2 Å². The van der Waals surface area contributed by atoms with Crippen molar-refractivity contribution in [2.24, 2.45) is 5.41 Å². The quantitative estimate of drug-likeness (QED) is 0.251. The molecule has 2 fully saturated rings. The van der Waals surface area contributed by atoms with Gasteiger partial charge in [-0.3, -0.25) is 4.98 Å². The van der Waals surface area contributed by atoms with Crippen molar-refractivity contribution in [3.8, 4) is 6.07 Å². The van der Waals surface area contributed by atoms with Gasteiger partial charge in [-0.05, 0) is 54.9 Å². The number of nitriles is 1. The van der Waals surface area contributed by atoms with Gasteiger partial charge in [-0.25, -0.2) is 4.68 Å². The van der Waals surface area contributed by atoms with Gasteiger partial charge >= 0.3 is 0 Å². The van der Waals surface area contributed by atoms with E-state index >= 15 is 0 Å². The van der Waals surface area contributed by atoms with Gasteiger partial charge in [0.05, 0.1) is 40.1 Å². The van der Waals surface area contributed by atoms with Gasteiger partial charge in [0.2, 0.25) is 0 Å². The predicted octanol–water partition coefficient (Wildman–Crippen LogP) is 7.14. The van der Waals surface area contributed by atoms with Crippen LogP contribution < -0.4 is 10.6 Å². The molecule has 2 aliphatic rings. The second-order valence-electron chi connectivity index (χ2n) is 10.5. The Morgan fingerprint density at radius 3 is 2.70 bits per heavy atom. The normalized spacial score (nSPS) is 17.1. The molecule has 0 aliphatic heterocycles. The van der Waals surface area contributed by atoms with Crippen LogP contribution in [0.25, 0.3) is 10.9 Å². The van der Waals surface area contributed by atoms with E-state index < -0.39 is 0 Å². The van der Waals surface area contributed by atoms with Crippen LogP contribution in [0.2, 0.25) is 10.0 Å². The Kier molecular flexibility index (Phi) is 6.18. The Hall–Kier alpha value is -3.34. The van der Waals surface area contributed by atoms with E-state index in [4.69, 9.17) is 23.2 Å². The summed E-state index contributed by atoms with van der Waals surface area (Å²) < 4.78 is 1.93. The van der Waals surface area contributed by atoms with Crippen molar-refractivity contribution in [2.75, 3.05) is 17.2 Å². The molecule has 2 aliphatic carbocycles. The molecular weight excluding hydrogens is 505 g/mol. The first kappa shape index (κ1) is 24.0. The number of hydrogen-bond donors (Lipinski definition) is 2. The van der Waals surface area contributed by atoms with Crippen LogP contribution in [0.3, 0.4) is 0 Å². The van der Waals surface area contributed by atoms with E-state index in [0.29, 0.717) is 27.2 Å². The van der Waals surface area contributed by atoms with E-state index in [1.165, 1.54) is 19.3 Å². The largest absolute Gasteiger partial charge is 0.383 e. The average Bonchev–Trinajstić information content (AvgIpc) is 3.62. The van der Waals surface area contributed by atoms with Crippen molar-refractivity contribution in [1.82, 2.24) is 20.0 Å². The average molecular weight is 532 g/mol. The minimum absolute atomic E-state index is 0.241. The smallest absolute Gasteiger partial charge is 0.110 e. The number of hydrogen-bond acceptors (Lipinski definition) is 6. The fourth-order valence-electron chi connectivity index (χ4n) is 5.00. The summed E-state index contributed by atoms with van der Waals surface area (Å²) in [6, 6.07) is 13.9. The predicted molar refractivity (Wildman–Crippen MR) is 147 cm³/mol. The third-order valence-corrected chi connectivity index (χ3v) is 8.20. The molecule has 0 amide bonds. The van der Waals surface area contributed by atoms with Crippen molar-refractivity contribution in [3.05, 3.63) is 75.7 Å². The van der Waals surface area contributed by atoms with Gasteiger partial charge in [0.1, 0.15) is 11.8 Å². The summed E-state index contributed by atoms with van der Waals surface area (Å²) in [7, 11) is 0. The Bertz CT molecular complexity index is 1510. The van der Waals surface area contributed by atoms with E-state index in [0.717, 1.165) is 47.4 Å². The maximum atomic E-state index is 9.83. The molecule has 6 rings (SSSR count). The van der Waals surface area contributed by atoms with Crippen LogP contribution in [0.1, 0.15) is 67.9 Å². The summed E-state index contributed by atoms with van der Waals surface area (Å²) in [6.45, 7) is 3.07. The monoisotopic (exact) mass is 531 g/mol. The van der Waals surface area contributed by atoms with Crippen LogP contribution in [0.5, 0.6) is 0 Å². The van der Waals surface area contributed by atoms with E-state index in [1.807, 2.05) is 47.3 Å². The summed E-state index contributed by atoms with van der Waals surface area (Å²) >= 11 is 13.4. The summed E-state index contributed by atoms with van der Waals surface area (Å²) in [5, 5.41) is 27.8. The van der Waals surface area contributed by atoms with Gasteiger partial charge in [-0.15, -0.1) is 5.10 Å². The molecule has 37 heavy (non-hydrogen) atoms. The topological polar surface area (TPSA) is 91.5 Å². The summed E-state index contributed by atoms with van der Waals surface area (Å²) in [4.78, 5) is 4.50. The van der Waals surface area contributed by atoms with Crippen LogP contribution in [0.4, 0.5) is 11.4 Å². The fraction of sp³-hybridized carbons (Fsp3) is 0.357. The lowest BCUT2D eigenvalue weighted by Crippen LogP contribution is -2.33. The number of anilines is 2. The standard InChI is InChI=1S/C28H27Cl2N7/c1-28(9-4-10-28)16-33-25-17(13-31)14-32-26-21(25)11-18(12-23(26)30)34-27(20-5-2-3-6-22(20)29)24-15-37(36-35-24)19-7-8-19/h2-3,5-6,11-12,14-15,19,27,34H,4,7-10,16H2,1H3,(H,32,33). The zero-order valence-corrected chi connectivity index (χ0v) is 22.0. The molecule has 2 N–H and O–H groups in total. The molecule has 1 atom stereocenters. The van der Waals surface area contributed by atoms with Gasteiger partial charge in [-0.1, -0.05) is 60.0 Å². The molecular formula is C28H27Cl2N7. The second kappa shape index (κ2) is 9.51. The van der Waals surface area contributed by atoms with Gasteiger partial charge < -0.3 is 10.6 Å². The maximum Gasteiger partial charge on any atom is 0.110 e. The van der Waals surface area contributed by atoms with Crippen molar-refractivity contribution in [3.63, 3.8) is 0 Å². The van der Waals surface area contributed by atoms with Gasteiger partial charge in [-0.2, -0.15) is 5.26 Å². The Morgan fingerprint density at radius 2 is 2.00 bits per heavy atom. The molecule has 1 unspecified atom stereocenters. The lowest BCUT2D eigenvalue weighted by Gasteiger charge is -2.38. The van der Waals surface area contributed by atoms with Crippen LogP contribution in [0.15, 0.2) is 48.8 Å². The van der Waals surface area contributed by atoms with E-state index in [1.54, 1.807) is 6.20 Å². The minimum atomic E-state index is -0.341. The number of aromatic nitrogens is 4. The van der Waals surface area contributed by atoms with Crippen molar-refractivity contribution in [1.29, 1.82) is 5.26 Å². The van der Waals surface area contributed by atoms with Gasteiger partial charge in [0.25, 0.3) is 0 Å².